The van der Waals surface area contributed by atoms with Crippen LogP contribution in [0.5, 0.6) is 0 Å². The van der Waals surface area contributed by atoms with Crippen LogP contribution in [-0.4, -0.2) is 44.1 Å². The Bertz CT molecular complexity index is 499. The van der Waals surface area contributed by atoms with E-state index in [9.17, 15) is 4.79 Å². The molecule has 0 aliphatic rings. The Morgan fingerprint density at radius 1 is 1.61 bits per heavy atom. The Hall–Kier alpha value is -1.94. The van der Waals surface area contributed by atoms with Gasteiger partial charge in [0.2, 0.25) is 11.8 Å². The summed E-state index contributed by atoms with van der Waals surface area (Å²) in [6.07, 6.45) is 1.37. The number of rotatable bonds is 6. The quantitative estimate of drug-likeness (QED) is 0.707. The van der Waals surface area contributed by atoms with E-state index >= 15 is 0 Å². The maximum absolute atomic E-state index is 11.5. The Balaban J connectivity index is 1.79. The highest BCUT2D eigenvalue weighted by molar-refractivity contribution is 7.99. The summed E-state index contributed by atoms with van der Waals surface area (Å²) in [6, 6.07) is 0.0465. The monoisotopic (exact) mass is 270 g/mol. The second kappa shape index (κ2) is 6.12. The molecule has 1 amide bonds. The third kappa shape index (κ3) is 3.53. The minimum Gasteiger partial charge on any atom is -0.405 e. The zero-order chi connectivity index (χ0) is 12.8. The fourth-order valence-corrected chi connectivity index (χ4v) is 1.62. The van der Waals surface area contributed by atoms with Gasteiger partial charge in [-0.15, -0.1) is 5.10 Å². The zero-order valence-corrected chi connectivity index (χ0v) is 10.2. The first kappa shape index (κ1) is 12.5. The van der Waals surface area contributed by atoms with Crippen molar-refractivity contribution in [2.45, 2.75) is 11.8 Å². The summed E-state index contributed by atoms with van der Waals surface area (Å²) in [6.45, 7) is 0.204. The van der Waals surface area contributed by atoms with Crippen molar-refractivity contribution in [1.29, 1.82) is 0 Å². The Morgan fingerprint density at radius 2 is 2.50 bits per heavy atom. The molecule has 2 N–H and O–H groups in total. The van der Waals surface area contributed by atoms with Gasteiger partial charge in [-0.05, 0) is 0 Å². The highest BCUT2D eigenvalue weighted by Gasteiger charge is 2.10. The van der Waals surface area contributed by atoms with E-state index in [1.165, 1.54) is 25.2 Å². The number of methoxy groups -OCH3 is 1. The molecule has 0 saturated heterocycles. The third-order valence-corrected chi connectivity index (χ3v) is 2.59. The van der Waals surface area contributed by atoms with E-state index in [2.05, 4.69) is 30.7 Å². The molecule has 0 aliphatic carbocycles. The molecule has 2 aromatic rings. The fraction of sp³-hybridized carbons (Fsp3) is 0.375. The smallest absolute Gasteiger partial charge is 0.322 e. The van der Waals surface area contributed by atoms with Gasteiger partial charge in [-0.2, -0.15) is 5.10 Å². The number of thioether (sulfide) groups is 1. The van der Waals surface area contributed by atoms with E-state index in [0.717, 1.165) is 0 Å². The molecule has 2 aromatic heterocycles. The average Bonchev–Trinajstić information content (AvgIpc) is 2.99. The molecular weight excluding hydrogens is 260 g/mol. The molecule has 0 aromatic carbocycles. The van der Waals surface area contributed by atoms with Crippen LogP contribution in [0.25, 0.3) is 0 Å². The van der Waals surface area contributed by atoms with Crippen molar-refractivity contribution >= 4 is 23.7 Å². The number of carbonyl (C=O) groups is 1. The summed E-state index contributed by atoms with van der Waals surface area (Å²) >= 11 is 1.22. The highest BCUT2D eigenvalue weighted by Crippen LogP contribution is 2.12. The van der Waals surface area contributed by atoms with E-state index in [1.54, 1.807) is 0 Å². The van der Waals surface area contributed by atoms with Gasteiger partial charge in [-0.25, -0.2) is 4.98 Å². The van der Waals surface area contributed by atoms with Gasteiger partial charge in [0.25, 0.3) is 0 Å². The molecule has 18 heavy (non-hydrogen) atoms. The number of nitrogens with zero attached hydrogens (tertiary/aromatic N) is 4. The minimum atomic E-state index is -0.274. The number of hydrogen-bond donors (Lipinski definition) is 2. The largest absolute Gasteiger partial charge is 0.405 e. The molecular formula is C8H10N6O3S. The van der Waals surface area contributed by atoms with Crippen molar-refractivity contribution in [3.05, 3.63) is 12.2 Å². The van der Waals surface area contributed by atoms with Crippen LogP contribution in [0.1, 0.15) is 5.89 Å². The summed E-state index contributed by atoms with van der Waals surface area (Å²) < 4.78 is 9.92. The number of nitrogens with one attached hydrogen (secondary N) is 2. The number of ether oxygens (including phenoxy) is 1. The van der Waals surface area contributed by atoms with Crippen molar-refractivity contribution in [1.82, 2.24) is 25.4 Å². The summed E-state index contributed by atoms with van der Waals surface area (Å²) in [5.41, 5.74) is 0. The van der Waals surface area contributed by atoms with Gasteiger partial charge in [-0.1, -0.05) is 16.9 Å². The molecule has 0 spiro atoms. The van der Waals surface area contributed by atoms with E-state index in [1.807, 2.05) is 0 Å². The Morgan fingerprint density at radius 3 is 3.22 bits per heavy atom. The molecule has 2 rings (SSSR count). The SMILES string of the molecule is COCc1nnc(NC(=O)CSc2ncn[nH]2)o1. The molecule has 10 heteroatoms. The van der Waals surface area contributed by atoms with Gasteiger partial charge in [0.1, 0.15) is 12.9 Å². The minimum absolute atomic E-state index is 0.0465. The number of aromatic nitrogens is 5. The normalized spacial score (nSPS) is 10.5. The van der Waals surface area contributed by atoms with Gasteiger partial charge in [0, 0.05) is 7.11 Å². The van der Waals surface area contributed by atoms with Crippen LogP contribution in [0.2, 0.25) is 0 Å². The third-order valence-electron chi connectivity index (χ3n) is 1.71. The lowest BCUT2D eigenvalue weighted by Crippen LogP contribution is -2.14. The van der Waals surface area contributed by atoms with Crippen LogP contribution in [-0.2, 0) is 16.1 Å². The molecule has 0 bridgehead atoms. The van der Waals surface area contributed by atoms with Gasteiger partial charge < -0.3 is 9.15 Å². The second-order valence-corrected chi connectivity index (χ2v) is 4.03. The van der Waals surface area contributed by atoms with E-state index < -0.39 is 0 Å². The van der Waals surface area contributed by atoms with Crippen molar-refractivity contribution in [3.8, 4) is 0 Å². The van der Waals surface area contributed by atoms with Crippen molar-refractivity contribution < 1.29 is 13.9 Å². The Kier molecular flexibility index (Phi) is 4.25. The summed E-state index contributed by atoms with van der Waals surface area (Å²) in [5, 5.41) is 16.7. The molecule has 9 nitrogen and oxygen atoms in total. The van der Waals surface area contributed by atoms with Crippen LogP contribution in [0.3, 0.4) is 0 Å². The molecule has 0 fully saturated rings. The predicted molar refractivity (Wildman–Crippen MR) is 60.7 cm³/mol. The van der Waals surface area contributed by atoms with Gasteiger partial charge in [0.05, 0.1) is 5.75 Å². The van der Waals surface area contributed by atoms with Crippen molar-refractivity contribution in [2.75, 3.05) is 18.2 Å². The standard InChI is InChI=1S/C8H10N6O3S/c1-16-2-6-12-13-7(17-6)11-5(15)3-18-8-9-4-10-14-8/h4H,2-3H2,1H3,(H,9,10,14)(H,11,13,15). The first-order valence-corrected chi connectivity index (χ1v) is 5.86. The Labute approximate surface area is 106 Å². The second-order valence-electron chi connectivity index (χ2n) is 3.06. The predicted octanol–water partition coefficient (Wildman–Crippen LogP) is 0.0649. The highest BCUT2D eigenvalue weighted by atomic mass is 32.2. The number of H-pyrrole nitrogens is 1. The average molecular weight is 270 g/mol. The number of hydrogen-bond acceptors (Lipinski definition) is 8. The van der Waals surface area contributed by atoms with E-state index in [4.69, 9.17) is 9.15 Å². The maximum atomic E-state index is 11.5. The van der Waals surface area contributed by atoms with E-state index in [-0.39, 0.29) is 24.3 Å². The lowest BCUT2D eigenvalue weighted by molar-refractivity contribution is -0.113. The lowest BCUT2D eigenvalue weighted by Gasteiger charge is -1.97. The lowest BCUT2D eigenvalue weighted by atomic mass is 10.7. The molecule has 0 unspecified atom stereocenters. The molecule has 0 aliphatic heterocycles. The zero-order valence-electron chi connectivity index (χ0n) is 9.41. The van der Waals surface area contributed by atoms with Gasteiger partial charge in [0.15, 0.2) is 5.16 Å². The molecule has 0 radical (unpaired) electrons. The first-order chi connectivity index (χ1) is 8.78. The summed E-state index contributed by atoms with van der Waals surface area (Å²) in [4.78, 5) is 15.4. The number of anilines is 1. The fourth-order valence-electron chi connectivity index (χ4n) is 1.04. The molecule has 96 valence electrons. The topological polar surface area (TPSA) is 119 Å². The van der Waals surface area contributed by atoms with Crippen molar-refractivity contribution in [3.63, 3.8) is 0 Å². The van der Waals surface area contributed by atoms with Gasteiger partial charge in [-0.3, -0.25) is 15.2 Å². The number of aromatic amines is 1. The summed E-state index contributed by atoms with van der Waals surface area (Å²) in [7, 11) is 1.51. The van der Waals surface area contributed by atoms with Crippen LogP contribution >= 0.6 is 11.8 Å². The molecule has 2 heterocycles. The summed E-state index contributed by atoms with van der Waals surface area (Å²) in [5.74, 6) is 0.191. The molecule has 0 saturated carbocycles. The van der Waals surface area contributed by atoms with Crippen LogP contribution in [0.4, 0.5) is 6.01 Å². The number of carbonyl (C=O) groups excluding carboxylic acids is 1. The molecule has 0 atom stereocenters. The van der Waals surface area contributed by atoms with Crippen LogP contribution < -0.4 is 5.32 Å². The van der Waals surface area contributed by atoms with Crippen LogP contribution in [0, 0.1) is 0 Å². The number of amides is 1. The van der Waals surface area contributed by atoms with Gasteiger partial charge >= 0.3 is 6.01 Å². The first-order valence-electron chi connectivity index (χ1n) is 4.87. The van der Waals surface area contributed by atoms with E-state index in [0.29, 0.717) is 11.0 Å². The van der Waals surface area contributed by atoms with Crippen LogP contribution in [0.15, 0.2) is 15.9 Å². The van der Waals surface area contributed by atoms with Crippen molar-refractivity contribution in [2.24, 2.45) is 0 Å². The maximum Gasteiger partial charge on any atom is 0.322 e.